The fourth-order valence-corrected chi connectivity index (χ4v) is 1.78. The lowest BCUT2D eigenvalue weighted by Crippen LogP contribution is -2.25. The summed E-state index contributed by atoms with van der Waals surface area (Å²) in [5.41, 5.74) is 0.608. The zero-order valence-corrected chi connectivity index (χ0v) is 10.1. The number of halogens is 1. The molecular weight excluding hydrogens is 238 g/mol. The summed E-state index contributed by atoms with van der Waals surface area (Å²) in [5.74, 6) is -0.149. The van der Waals surface area contributed by atoms with Gasteiger partial charge in [-0.05, 0) is 35.0 Å². The lowest BCUT2D eigenvalue weighted by atomic mass is 10.1. The first-order valence-electron chi connectivity index (χ1n) is 5.17. The second-order valence-corrected chi connectivity index (χ2v) is 4.08. The molecule has 0 saturated carbocycles. The Morgan fingerprint density at radius 3 is 2.71 bits per heavy atom. The number of ether oxygens (including phenoxy) is 1. The Bertz CT molecular complexity index is 554. The SMILES string of the molecule is COCNC(=O)c1ccc2cc(Cl)ccc2c1. The normalized spacial score (nSPS) is 10.5. The second kappa shape index (κ2) is 5.17. The summed E-state index contributed by atoms with van der Waals surface area (Å²) < 4.78 is 4.79. The molecule has 1 N–H and O–H groups in total. The summed E-state index contributed by atoms with van der Waals surface area (Å²) in [6, 6.07) is 11.0. The van der Waals surface area contributed by atoms with Crippen LogP contribution in [-0.2, 0) is 4.74 Å². The van der Waals surface area contributed by atoms with Crippen LogP contribution < -0.4 is 5.32 Å². The molecule has 17 heavy (non-hydrogen) atoms. The number of carbonyl (C=O) groups excluding carboxylic acids is 1. The van der Waals surface area contributed by atoms with Crippen molar-refractivity contribution in [3.8, 4) is 0 Å². The molecule has 0 radical (unpaired) electrons. The number of methoxy groups -OCH3 is 1. The summed E-state index contributed by atoms with van der Waals surface area (Å²) in [4.78, 5) is 11.7. The van der Waals surface area contributed by atoms with Gasteiger partial charge >= 0.3 is 0 Å². The van der Waals surface area contributed by atoms with Gasteiger partial charge in [0, 0.05) is 17.7 Å². The number of nitrogens with one attached hydrogen (secondary N) is 1. The maximum atomic E-state index is 11.7. The molecule has 0 saturated heterocycles. The Hall–Kier alpha value is -1.58. The van der Waals surface area contributed by atoms with Crippen molar-refractivity contribution < 1.29 is 9.53 Å². The number of hydrogen-bond acceptors (Lipinski definition) is 2. The zero-order valence-electron chi connectivity index (χ0n) is 9.37. The highest BCUT2D eigenvalue weighted by atomic mass is 35.5. The van der Waals surface area contributed by atoms with Crippen molar-refractivity contribution in [1.29, 1.82) is 0 Å². The van der Waals surface area contributed by atoms with Gasteiger partial charge in [0.1, 0.15) is 6.73 Å². The predicted octanol–water partition coefficient (Wildman–Crippen LogP) is 2.83. The van der Waals surface area contributed by atoms with Crippen molar-refractivity contribution in [2.75, 3.05) is 13.8 Å². The number of carbonyl (C=O) groups is 1. The zero-order chi connectivity index (χ0) is 12.3. The molecule has 0 heterocycles. The van der Waals surface area contributed by atoms with Gasteiger partial charge in [0.15, 0.2) is 0 Å². The molecule has 0 aromatic heterocycles. The molecule has 88 valence electrons. The van der Waals surface area contributed by atoms with E-state index in [1.807, 2.05) is 24.3 Å². The summed E-state index contributed by atoms with van der Waals surface area (Å²) in [6.45, 7) is 0.206. The molecule has 2 aromatic rings. The van der Waals surface area contributed by atoms with E-state index in [0.717, 1.165) is 10.8 Å². The molecule has 0 atom stereocenters. The van der Waals surface area contributed by atoms with Gasteiger partial charge in [0.25, 0.3) is 5.91 Å². The fraction of sp³-hybridized carbons (Fsp3) is 0.154. The summed E-state index contributed by atoms with van der Waals surface area (Å²) in [7, 11) is 1.53. The van der Waals surface area contributed by atoms with Crippen LogP contribution in [0.25, 0.3) is 10.8 Å². The second-order valence-electron chi connectivity index (χ2n) is 3.65. The Labute approximate surface area is 104 Å². The molecule has 0 unspecified atom stereocenters. The average molecular weight is 250 g/mol. The van der Waals surface area contributed by atoms with Crippen LogP contribution in [0.15, 0.2) is 36.4 Å². The topological polar surface area (TPSA) is 38.3 Å². The minimum Gasteiger partial charge on any atom is -0.364 e. The highest BCUT2D eigenvalue weighted by Gasteiger charge is 2.05. The van der Waals surface area contributed by atoms with Crippen molar-refractivity contribution in [2.45, 2.75) is 0 Å². The van der Waals surface area contributed by atoms with Gasteiger partial charge in [0.05, 0.1) is 0 Å². The molecule has 2 rings (SSSR count). The Kier molecular flexibility index (Phi) is 3.61. The van der Waals surface area contributed by atoms with Gasteiger partial charge in [-0.15, -0.1) is 0 Å². The first-order chi connectivity index (χ1) is 8.20. The van der Waals surface area contributed by atoms with Crippen molar-refractivity contribution >= 4 is 28.3 Å². The van der Waals surface area contributed by atoms with E-state index in [4.69, 9.17) is 16.3 Å². The van der Waals surface area contributed by atoms with Crippen molar-refractivity contribution in [3.63, 3.8) is 0 Å². The molecule has 0 aliphatic rings. The van der Waals surface area contributed by atoms with Crippen LogP contribution in [0, 0.1) is 0 Å². The van der Waals surface area contributed by atoms with Gasteiger partial charge in [-0.25, -0.2) is 0 Å². The van der Waals surface area contributed by atoms with Gasteiger partial charge in [0.2, 0.25) is 0 Å². The van der Waals surface area contributed by atoms with Crippen LogP contribution in [0.2, 0.25) is 5.02 Å². The van der Waals surface area contributed by atoms with Crippen LogP contribution in [0.5, 0.6) is 0 Å². The minimum atomic E-state index is -0.149. The number of rotatable bonds is 3. The van der Waals surface area contributed by atoms with Gasteiger partial charge in [-0.1, -0.05) is 23.7 Å². The summed E-state index contributed by atoms with van der Waals surface area (Å²) in [6.07, 6.45) is 0. The Morgan fingerprint density at radius 2 is 1.94 bits per heavy atom. The van der Waals surface area contributed by atoms with Crippen LogP contribution in [-0.4, -0.2) is 19.7 Å². The van der Waals surface area contributed by atoms with Gasteiger partial charge < -0.3 is 10.1 Å². The first-order valence-corrected chi connectivity index (χ1v) is 5.55. The van der Waals surface area contributed by atoms with E-state index >= 15 is 0 Å². The molecule has 0 fully saturated rings. The van der Waals surface area contributed by atoms with E-state index < -0.39 is 0 Å². The van der Waals surface area contributed by atoms with Crippen molar-refractivity contribution in [1.82, 2.24) is 5.32 Å². The van der Waals surface area contributed by atoms with E-state index in [1.165, 1.54) is 7.11 Å². The number of amides is 1. The monoisotopic (exact) mass is 249 g/mol. The smallest absolute Gasteiger partial charge is 0.253 e. The minimum absolute atomic E-state index is 0.149. The highest BCUT2D eigenvalue weighted by molar-refractivity contribution is 6.31. The molecule has 2 aromatic carbocycles. The van der Waals surface area contributed by atoms with Crippen LogP contribution in [0.4, 0.5) is 0 Å². The quantitative estimate of drug-likeness (QED) is 0.850. The van der Waals surface area contributed by atoms with E-state index in [1.54, 1.807) is 12.1 Å². The number of hydrogen-bond donors (Lipinski definition) is 1. The molecule has 0 spiro atoms. The molecule has 0 aliphatic carbocycles. The summed E-state index contributed by atoms with van der Waals surface area (Å²) >= 11 is 5.89. The standard InChI is InChI=1S/C13H12ClNO2/c1-17-8-15-13(16)11-3-2-10-7-12(14)5-4-9(10)6-11/h2-7H,8H2,1H3,(H,15,16). The van der Waals surface area contributed by atoms with E-state index in [9.17, 15) is 4.79 Å². The van der Waals surface area contributed by atoms with Crippen molar-refractivity contribution in [3.05, 3.63) is 47.0 Å². The van der Waals surface area contributed by atoms with Crippen molar-refractivity contribution in [2.24, 2.45) is 0 Å². The Morgan fingerprint density at radius 1 is 1.24 bits per heavy atom. The summed E-state index contributed by atoms with van der Waals surface area (Å²) in [5, 5.41) is 5.33. The van der Waals surface area contributed by atoms with Crippen LogP contribution in [0.1, 0.15) is 10.4 Å². The Balaban J connectivity index is 2.31. The predicted molar refractivity (Wildman–Crippen MR) is 68.3 cm³/mol. The molecule has 1 amide bonds. The first kappa shape index (κ1) is 11.9. The average Bonchev–Trinajstić information content (AvgIpc) is 2.35. The fourth-order valence-electron chi connectivity index (χ4n) is 1.60. The van der Waals surface area contributed by atoms with Gasteiger partial charge in [-0.2, -0.15) is 0 Å². The number of benzene rings is 2. The lowest BCUT2D eigenvalue weighted by molar-refractivity contribution is 0.0872. The molecule has 0 aliphatic heterocycles. The van der Waals surface area contributed by atoms with E-state index in [0.29, 0.717) is 10.6 Å². The molecule has 0 bridgehead atoms. The third-order valence-corrected chi connectivity index (χ3v) is 2.68. The molecule has 3 nitrogen and oxygen atoms in total. The third kappa shape index (κ3) is 2.75. The number of fused-ring (bicyclic) bond motifs is 1. The maximum absolute atomic E-state index is 11.7. The van der Waals surface area contributed by atoms with Crippen LogP contribution >= 0.6 is 11.6 Å². The highest BCUT2D eigenvalue weighted by Crippen LogP contribution is 2.20. The lowest BCUT2D eigenvalue weighted by Gasteiger charge is -2.05. The van der Waals surface area contributed by atoms with E-state index in [-0.39, 0.29) is 12.6 Å². The molecular formula is C13H12ClNO2. The molecule has 4 heteroatoms. The third-order valence-electron chi connectivity index (χ3n) is 2.44. The van der Waals surface area contributed by atoms with E-state index in [2.05, 4.69) is 5.32 Å². The maximum Gasteiger partial charge on any atom is 0.253 e. The largest absolute Gasteiger partial charge is 0.364 e. The van der Waals surface area contributed by atoms with Gasteiger partial charge in [-0.3, -0.25) is 4.79 Å². The van der Waals surface area contributed by atoms with Crippen LogP contribution in [0.3, 0.4) is 0 Å².